The fourth-order valence-electron chi connectivity index (χ4n) is 2.82. The first-order valence-corrected chi connectivity index (χ1v) is 8.26. The summed E-state index contributed by atoms with van der Waals surface area (Å²) >= 11 is 7.32. The van der Waals surface area contributed by atoms with E-state index in [1.54, 1.807) is 14.2 Å². The Bertz CT molecular complexity index is 627. The zero-order valence-electron chi connectivity index (χ0n) is 12.6. The molecule has 1 saturated heterocycles. The third kappa shape index (κ3) is 3.34. The molecule has 0 spiro atoms. The normalized spacial score (nSPS) is 18.6. The van der Waals surface area contributed by atoms with Crippen LogP contribution >= 0.6 is 23.1 Å². The maximum Gasteiger partial charge on any atom is 0.138 e. The Hall–Kier alpha value is -1.37. The van der Waals surface area contributed by atoms with E-state index in [9.17, 15) is 0 Å². The van der Waals surface area contributed by atoms with E-state index in [-0.39, 0.29) is 0 Å². The van der Waals surface area contributed by atoms with Gasteiger partial charge in [-0.1, -0.05) is 16.1 Å². The molecular formula is C15H18ClN3O2S. The van der Waals surface area contributed by atoms with Crippen LogP contribution in [0.1, 0.15) is 23.6 Å². The van der Waals surface area contributed by atoms with Crippen molar-refractivity contribution in [2.45, 2.75) is 18.9 Å². The molecule has 22 heavy (non-hydrogen) atoms. The van der Waals surface area contributed by atoms with Gasteiger partial charge in [0.2, 0.25) is 0 Å². The molecule has 0 saturated carbocycles. The summed E-state index contributed by atoms with van der Waals surface area (Å²) in [6, 6.07) is 6.08. The van der Waals surface area contributed by atoms with Crippen LogP contribution < -0.4 is 9.47 Å². The molecule has 1 atom stereocenters. The summed E-state index contributed by atoms with van der Waals surface area (Å²) in [5, 5.41) is 4.09. The third-order valence-corrected chi connectivity index (χ3v) is 4.98. The van der Waals surface area contributed by atoms with Crippen molar-refractivity contribution < 1.29 is 9.47 Å². The van der Waals surface area contributed by atoms with Crippen LogP contribution in [0, 0.1) is 0 Å². The lowest BCUT2D eigenvalue weighted by atomic mass is 9.98. The van der Waals surface area contributed by atoms with Gasteiger partial charge < -0.3 is 9.47 Å². The van der Waals surface area contributed by atoms with Gasteiger partial charge in [0.15, 0.2) is 0 Å². The minimum Gasteiger partial charge on any atom is -0.497 e. The Kier molecular flexibility index (Phi) is 4.81. The molecule has 0 amide bonds. The van der Waals surface area contributed by atoms with Gasteiger partial charge >= 0.3 is 0 Å². The molecule has 1 aliphatic heterocycles. The van der Waals surface area contributed by atoms with Gasteiger partial charge in [-0.25, -0.2) is 0 Å². The maximum atomic E-state index is 6.08. The number of likely N-dealkylation sites (tertiary alicyclic amines) is 1. The molecule has 1 aromatic heterocycles. The lowest BCUT2D eigenvalue weighted by Gasteiger charge is -2.16. The lowest BCUT2D eigenvalue weighted by Crippen LogP contribution is -2.20. The Morgan fingerprint density at radius 2 is 2.00 bits per heavy atom. The van der Waals surface area contributed by atoms with Crippen LogP contribution in [-0.2, 0) is 6.54 Å². The summed E-state index contributed by atoms with van der Waals surface area (Å²) in [5.74, 6) is 2.13. The lowest BCUT2D eigenvalue weighted by molar-refractivity contribution is 0.322. The SMILES string of the molecule is COc1cc(OC)cc(C2CCN(Cc3nnsc3Cl)C2)c1. The fraction of sp³-hybridized carbons (Fsp3) is 0.467. The highest BCUT2D eigenvalue weighted by molar-refractivity contribution is 7.10. The molecular weight excluding hydrogens is 322 g/mol. The van der Waals surface area contributed by atoms with Crippen molar-refractivity contribution in [3.8, 4) is 11.5 Å². The molecule has 0 N–H and O–H groups in total. The molecule has 1 unspecified atom stereocenters. The van der Waals surface area contributed by atoms with E-state index in [1.165, 1.54) is 17.1 Å². The minimum atomic E-state index is 0.467. The van der Waals surface area contributed by atoms with Crippen LogP contribution in [0.3, 0.4) is 0 Å². The van der Waals surface area contributed by atoms with Crippen molar-refractivity contribution >= 4 is 23.1 Å². The second kappa shape index (κ2) is 6.81. The second-order valence-corrected chi connectivity index (χ2v) is 6.72. The highest BCUT2D eigenvalue weighted by Gasteiger charge is 2.26. The van der Waals surface area contributed by atoms with E-state index >= 15 is 0 Å². The topological polar surface area (TPSA) is 47.5 Å². The van der Waals surface area contributed by atoms with Crippen LogP contribution in [-0.4, -0.2) is 41.8 Å². The highest BCUT2D eigenvalue weighted by Crippen LogP contribution is 2.33. The predicted octanol–water partition coefficient (Wildman–Crippen LogP) is 3.20. The van der Waals surface area contributed by atoms with Crippen molar-refractivity contribution in [1.82, 2.24) is 14.5 Å². The molecule has 2 aromatic rings. The van der Waals surface area contributed by atoms with Crippen molar-refractivity contribution in [2.24, 2.45) is 0 Å². The number of hydrogen-bond donors (Lipinski definition) is 0. The van der Waals surface area contributed by atoms with E-state index in [4.69, 9.17) is 21.1 Å². The summed E-state index contributed by atoms with van der Waals surface area (Å²) in [5.41, 5.74) is 2.12. The molecule has 5 nitrogen and oxygen atoms in total. The number of nitrogens with zero attached hydrogens (tertiary/aromatic N) is 3. The number of ether oxygens (including phenoxy) is 2. The highest BCUT2D eigenvalue weighted by atomic mass is 35.5. The molecule has 1 fully saturated rings. The van der Waals surface area contributed by atoms with Crippen LogP contribution in [0.2, 0.25) is 4.34 Å². The summed E-state index contributed by atoms with van der Waals surface area (Å²) < 4.78 is 15.3. The molecule has 1 aromatic carbocycles. The summed E-state index contributed by atoms with van der Waals surface area (Å²) in [4.78, 5) is 2.36. The number of hydrogen-bond acceptors (Lipinski definition) is 6. The van der Waals surface area contributed by atoms with Crippen LogP contribution in [0.4, 0.5) is 0 Å². The quantitative estimate of drug-likeness (QED) is 0.837. The Balaban J connectivity index is 1.71. The molecule has 118 valence electrons. The largest absolute Gasteiger partial charge is 0.497 e. The third-order valence-electron chi connectivity index (χ3n) is 4.00. The van der Waals surface area contributed by atoms with Gasteiger partial charge in [0, 0.05) is 30.7 Å². The molecule has 2 heterocycles. The molecule has 0 bridgehead atoms. The summed E-state index contributed by atoms with van der Waals surface area (Å²) in [6.07, 6.45) is 1.10. The number of benzene rings is 1. The van der Waals surface area contributed by atoms with Gasteiger partial charge in [-0.3, -0.25) is 4.90 Å². The molecule has 1 aliphatic rings. The van der Waals surface area contributed by atoms with E-state index < -0.39 is 0 Å². The molecule has 0 radical (unpaired) electrons. The summed E-state index contributed by atoms with van der Waals surface area (Å²) in [6.45, 7) is 2.76. The Labute approximate surface area is 139 Å². The zero-order valence-corrected chi connectivity index (χ0v) is 14.2. The van der Waals surface area contributed by atoms with E-state index in [0.29, 0.717) is 10.3 Å². The first kappa shape index (κ1) is 15.5. The van der Waals surface area contributed by atoms with Crippen LogP contribution in [0.15, 0.2) is 18.2 Å². The predicted molar refractivity (Wildman–Crippen MR) is 87.1 cm³/mol. The fourth-order valence-corrected chi connectivity index (χ4v) is 3.43. The van der Waals surface area contributed by atoms with Gasteiger partial charge in [-0.05, 0) is 36.6 Å². The van der Waals surface area contributed by atoms with E-state index in [1.807, 2.05) is 6.07 Å². The number of methoxy groups -OCH3 is 2. The smallest absolute Gasteiger partial charge is 0.138 e. The van der Waals surface area contributed by atoms with Crippen molar-refractivity contribution in [3.63, 3.8) is 0 Å². The number of halogens is 1. The second-order valence-electron chi connectivity index (χ2n) is 5.36. The van der Waals surface area contributed by atoms with Gasteiger partial charge in [0.05, 0.1) is 14.2 Å². The van der Waals surface area contributed by atoms with Gasteiger partial charge in [-0.2, -0.15) is 0 Å². The van der Waals surface area contributed by atoms with E-state index in [0.717, 1.165) is 43.2 Å². The average Bonchev–Trinajstić information content (AvgIpc) is 3.17. The minimum absolute atomic E-state index is 0.467. The maximum absolute atomic E-state index is 6.08. The zero-order chi connectivity index (χ0) is 15.5. The van der Waals surface area contributed by atoms with Gasteiger partial charge in [0.1, 0.15) is 21.5 Å². The van der Waals surface area contributed by atoms with Gasteiger partial charge in [-0.15, -0.1) is 5.10 Å². The van der Waals surface area contributed by atoms with Gasteiger partial charge in [0.25, 0.3) is 0 Å². The Morgan fingerprint density at radius 3 is 2.59 bits per heavy atom. The van der Waals surface area contributed by atoms with E-state index in [2.05, 4.69) is 26.6 Å². The van der Waals surface area contributed by atoms with Crippen LogP contribution in [0.25, 0.3) is 0 Å². The number of rotatable bonds is 5. The molecule has 3 rings (SSSR count). The molecule has 7 heteroatoms. The van der Waals surface area contributed by atoms with Crippen molar-refractivity contribution in [2.75, 3.05) is 27.3 Å². The first-order valence-electron chi connectivity index (χ1n) is 7.11. The van der Waals surface area contributed by atoms with Crippen LogP contribution in [0.5, 0.6) is 11.5 Å². The average molecular weight is 340 g/mol. The molecule has 0 aliphatic carbocycles. The Morgan fingerprint density at radius 1 is 1.27 bits per heavy atom. The van der Waals surface area contributed by atoms with Crippen molar-refractivity contribution in [3.05, 3.63) is 33.8 Å². The monoisotopic (exact) mass is 339 g/mol. The standard InChI is InChI=1S/C15H18ClN3O2S/c1-20-12-5-11(6-13(7-12)21-2)10-3-4-19(8-10)9-14-15(16)22-18-17-14/h5-7,10H,3-4,8-9H2,1-2H3. The summed E-state index contributed by atoms with van der Waals surface area (Å²) in [7, 11) is 3.35. The van der Waals surface area contributed by atoms with Crippen molar-refractivity contribution in [1.29, 1.82) is 0 Å². The first-order chi connectivity index (χ1) is 10.7. The number of aromatic nitrogens is 2.